The van der Waals surface area contributed by atoms with Gasteiger partial charge in [-0.3, -0.25) is 19.9 Å². The summed E-state index contributed by atoms with van der Waals surface area (Å²) in [5.74, 6) is 3.81. The molecule has 4 radical (unpaired) electrons. The third kappa shape index (κ3) is 27.3. The van der Waals surface area contributed by atoms with E-state index in [4.69, 9.17) is 19.9 Å². The Morgan fingerprint density at radius 3 is 1.05 bits per heavy atom. The van der Waals surface area contributed by atoms with Gasteiger partial charge in [0.25, 0.3) is 0 Å². The molecule has 8 nitrogen and oxygen atoms in total. The second-order valence-corrected chi connectivity index (χ2v) is 43.9. The van der Waals surface area contributed by atoms with E-state index in [1.807, 2.05) is 30.3 Å². The summed E-state index contributed by atoms with van der Waals surface area (Å²) in [6.45, 7) is 61.1. The maximum atomic E-state index is 5.14. The van der Waals surface area contributed by atoms with E-state index in [0.29, 0.717) is 0 Å². The first-order chi connectivity index (χ1) is 66.1. The molecule has 0 atom stereocenters. The van der Waals surface area contributed by atoms with Crippen LogP contribution in [-0.2, 0) is 102 Å². The Morgan fingerprint density at radius 1 is 0.273 bits per heavy atom. The molecule has 0 aliphatic heterocycles. The number of aromatic nitrogens is 8. The molecular weight excluding hydrogens is 2450 g/mol. The number of aryl methyl sites for hydroxylation is 10. The van der Waals surface area contributed by atoms with Gasteiger partial charge in [-0.1, -0.05) is 336 Å². The second-order valence-electron chi connectivity index (χ2n) is 43.9. The van der Waals surface area contributed by atoms with Crippen LogP contribution in [0.5, 0.6) is 0 Å². The molecule has 13 aromatic carbocycles. The third-order valence-corrected chi connectivity index (χ3v) is 27.2. The molecule has 0 amide bonds. The summed E-state index contributed by atoms with van der Waals surface area (Å²) >= 11 is 0. The minimum Gasteiger partial charge on any atom is -0.336 e. The predicted molar refractivity (Wildman–Crippen MR) is 590 cm³/mol. The zero-order chi connectivity index (χ0) is 99.6. The number of imidazole rings is 4. The van der Waals surface area contributed by atoms with Crippen molar-refractivity contribution in [3.63, 3.8) is 0 Å². The summed E-state index contributed by atoms with van der Waals surface area (Å²) in [7, 11) is 0. The fourth-order valence-corrected chi connectivity index (χ4v) is 21.1. The Balaban J connectivity index is 0.000000198. The minimum atomic E-state index is -0.0295. The van der Waals surface area contributed by atoms with Crippen LogP contribution in [0.4, 0.5) is 0 Å². The van der Waals surface area contributed by atoms with Crippen LogP contribution in [0.1, 0.15) is 246 Å². The molecule has 12 heteroatoms. The van der Waals surface area contributed by atoms with Crippen molar-refractivity contribution in [2.45, 2.75) is 260 Å². The van der Waals surface area contributed by atoms with Crippen LogP contribution in [0.25, 0.3) is 124 Å². The number of rotatable bonds is 25. The minimum absolute atomic E-state index is 0. The second kappa shape index (κ2) is 49.0. The maximum Gasteiger partial charge on any atom is 0.0608 e. The van der Waals surface area contributed by atoms with Crippen LogP contribution >= 0.6 is 0 Å². The van der Waals surface area contributed by atoms with Gasteiger partial charge < -0.3 is 18.3 Å². The molecule has 4 aromatic heterocycles. The number of benzene rings is 13. The zero-order valence-corrected chi connectivity index (χ0v) is 98.9. The van der Waals surface area contributed by atoms with Crippen molar-refractivity contribution in [1.82, 2.24) is 38.2 Å². The van der Waals surface area contributed by atoms with Crippen LogP contribution in [-0.4, -0.2) is 38.2 Å². The Bertz CT molecular complexity index is 7030. The van der Waals surface area contributed by atoms with Gasteiger partial charge in [-0.25, -0.2) is 0 Å². The van der Waals surface area contributed by atoms with Crippen molar-refractivity contribution in [2.75, 3.05) is 0 Å². The standard InChI is InChI=1S/C44H45N2.C35H35N2.C27H35N2.C25H31N2.4Ir/c1-8-9-24-44(6,7)42-29-45-43(46(42)41-23-20-30(2)25-32(41)4)36-22-21-31(3)38(26-36)37-27-39(34-16-12-10-13-17-34)33(5)40(28-37)35-18-14-11-15-19-35;1-5-6-22-35(3,4)33-25-36-34(31-19-13-18-29(24-31)27-14-9-7-10-15-27)37(33)32-21-20-30(23-26(32)2)28-16-11-8-12-17-28;1-18-11-10-12-22(16-18)25-28-21(4)24(27(8,9)17-26(5,6)7)29(25)23-14-13-19(2)15-20(23)3;1-18-13-14-21(19(2)15-18)27-22(25(6,7)17-24(3,4)5)16-26-23(27)20-11-9-8-10-12-20;;;;/h10-21,23,25-29H,8-9,24H2,1-7H3;7-18,20-21,23-25H,5-6,22H2,1-4H3;10-11,13-16H,17H2,1-9H3;8-11,13-16H,17H2,1-7H3;;;;/q4*-1;;;;. The quantitative estimate of drug-likeness (QED) is 0.0535. The van der Waals surface area contributed by atoms with E-state index in [1.54, 1.807) is 0 Å². The molecule has 0 unspecified atom stereocenters. The van der Waals surface area contributed by atoms with E-state index in [1.165, 1.54) is 182 Å². The van der Waals surface area contributed by atoms with Crippen LogP contribution in [0.3, 0.4) is 0 Å². The first kappa shape index (κ1) is 114. The summed E-state index contributed by atoms with van der Waals surface area (Å²) in [4.78, 5) is 20.1. The Kier molecular flexibility index (Phi) is 39.1. The van der Waals surface area contributed by atoms with Crippen molar-refractivity contribution < 1.29 is 80.4 Å². The normalized spacial score (nSPS) is 11.6. The van der Waals surface area contributed by atoms with Gasteiger partial charge >= 0.3 is 0 Å². The average Bonchev–Trinajstić information content (AvgIpc) is 1.53. The molecule has 0 bridgehead atoms. The first-order valence-corrected chi connectivity index (χ1v) is 50.2. The van der Waals surface area contributed by atoms with E-state index in [2.05, 4.69) is 497 Å². The zero-order valence-electron chi connectivity index (χ0n) is 89.4. The molecule has 0 saturated heterocycles. The van der Waals surface area contributed by atoms with Crippen molar-refractivity contribution in [3.05, 3.63) is 406 Å². The van der Waals surface area contributed by atoms with Crippen molar-refractivity contribution in [2.24, 2.45) is 10.8 Å². The molecule has 17 rings (SSSR count). The Hall–Kier alpha value is -10.7. The molecule has 0 saturated carbocycles. The fraction of sp³-hybridized carbons (Fsp3) is 0.313. The molecule has 17 aromatic rings. The van der Waals surface area contributed by atoms with E-state index in [-0.39, 0.29) is 113 Å². The molecule has 0 aliphatic carbocycles. The molecular formula is C131H146Ir4N8-4. The summed E-state index contributed by atoms with van der Waals surface area (Å²) < 4.78 is 9.50. The fourth-order valence-electron chi connectivity index (χ4n) is 21.1. The molecule has 4 heterocycles. The van der Waals surface area contributed by atoms with Gasteiger partial charge in [0.15, 0.2) is 0 Å². The van der Waals surface area contributed by atoms with Crippen LogP contribution in [0.15, 0.2) is 298 Å². The summed E-state index contributed by atoms with van der Waals surface area (Å²) in [5.41, 5.74) is 40.1. The summed E-state index contributed by atoms with van der Waals surface area (Å²) in [6, 6.07) is 113. The van der Waals surface area contributed by atoms with Gasteiger partial charge in [-0.15, -0.1) is 136 Å². The molecule has 0 aliphatic rings. The van der Waals surface area contributed by atoms with Gasteiger partial charge in [0.2, 0.25) is 0 Å². The van der Waals surface area contributed by atoms with Gasteiger partial charge in [0.05, 0.1) is 23.3 Å². The number of nitrogens with zero attached hydrogens (tertiary/aromatic N) is 8. The van der Waals surface area contributed by atoms with Crippen LogP contribution < -0.4 is 0 Å². The Labute approximate surface area is 911 Å². The predicted octanol–water partition coefficient (Wildman–Crippen LogP) is 35.4. The molecule has 143 heavy (non-hydrogen) atoms. The van der Waals surface area contributed by atoms with E-state index >= 15 is 0 Å². The van der Waals surface area contributed by atoms with E-state index in [9.17, 15) is 0 Å². The first-order valence-electron chi connectivity index (χ1n) is 50.2. The Morgan fingerprint density at radius 2 is 0.636 bits per heavy atom. The number of hydrogen-bond donors (Lipinski definition) is 0. The van der Waals surface area contributed by atoms with Gasteiger partial charge in [-0.05, 0) is 214 Å². The SMILES string of the molecule is CCCCC(C)(C)c1cnc(-c2[c-]cc(C)c(-c3cc(-c4ccccc4)c(C)c(-c4ccccc4)c3)c2)n1-c1ccc(C)cc1C.CCCCC(C)(C)c1cnc(-c2[c-]ccc(-c3ccccc3)c2)n1-c1ccc(-c2ccccc2)cc1C.Cc1cc[c-]c(-c2nc(C)c(C(C)(C)CC(C)(C)C)n2-c2ccc(C)cc2C)c1.Cc1ccc(-n2c(C(C)(C)CC(C)(C)C)cnc2-c2[c-]cccc2)c(C)c1.[Ir].[Ir].[Ir].[Ir]. The summed E-state index contributed by atoms with van der Waals surface area (Å²) in [6.07, 6.45) is 15.3. The smallest absolute Gasteiger partial charge is 0.0608 e. The molecule has 0 N–H and O–H groups in total. The van der Waals surface area contributed by atoms with Crippen LogP contribution in [0.2, 0.25) is 0 Å². The third-order valence-electron chi connectivity index (χ3n) is 27.2. The van der Waals surface area contributed by atoms with Gasteiger partial charge in [-0.2, -0.15) is 0 Å². The monoisotopic (exact) mass is 2600 g/mol. The van der Waals surface area contributed by atoms with E-state index < -0.39 is 0 Å². The molecule has 0 fully saturated rings. The molecule has 750 valence electrons. The average molecular weight is 2600 g/mol. The van der Waals surface area contributed by atoms with Gasteiger partial charge in [0.1, 0.15) is 0 Å². The largest absolute Gasteiger partial charge is 0.336 e. The van der Waals surface area contributed by atoms with Gasteiger partial charge in [0, 0.05) is 172 Å². The number of hydrogen-bond acceptors (Lipinski definition) is 4. The number of unbranched alkanes of at least 4 members (excludes halogenated alkanes) is 2. The summed E-state index contributed by atoms with van der Waals surface area (Å²) in [5, 5.41) is 0. The van der Waals surface area contributed by atoms with Crippen molar-refractivity contribution >= 4 is 0 Å². The topological polar surface area (TPSA) is 71.3 Å². The maximum absolute atomic E-state index is 5.14. The molecule has 0 spiro atoms. The van der Waals surface area contributed by atoms with Crippen molar-refractivity contribution in [3.8, 4) is 124 Å². The van der Waals surface area contributed by atoms with Crippen LogP contribution in [0, 0.1) is 111 Å². The van der Waals surface area contributed by atoms with Crippen molar-refractivity contribution in [1.29, 1.82) is 0 Å². The van der Waals surface area contributed by atoms with E-state index in [0.717, 1.165) is 76.9 Å².